The lowest BCUT2D eigenvalue weighted by molar-refractivity contribution is -0.135. The standard InChI is InChI=1S/C7H5ClN2O3/c8-7-6(9-1-2-10-7)4(11)3-5(12)13/h1-2H,3H2,(H,12,13). The molecule has 0 atom stereocenters. The molecule has 1 rings (SSSR count). The quantitative estimate of drug-likeness (QED) is 0.576. The number of aromatic nitrogens is 2. The van der Waals surface area contributed by atoms with E-state index in [4.69, 9.17) is 16.7 Å². The summed E-state index contributed by atoms with van der Waals surface area (Å²) in [7, 11) is 0. The molecule has 1 N–H and O–H groups in total. The summed E-state index contributed by atoms with van der Waals surface area (Å²) in [6.07, 6.45) is 1.97. The van der Waals surface area contributed by atoms with Crippen molar-refractivity contribution in [3.05, 3.63) is 23.2 Å². The summed E-state index contributed by atoms with van der Waals surface area (Å²) in [5.74, 6) is -1.86. The third-order valence-electron chi connectivity index (χ3n) is 1.23. The Bertz CT molecular complexity index is 353. The molecule has 0 spiro atoms. The monoisotopic (exact) mass is 200 g/mol. The predicted molar refractivity (Wildman–Crippen MR) is 43.6 cm³/mol. The Morgan fingerprint density at radius 3 is 2.54 bits per heavy atom. The number of Topliss-reactive ketones (excluding diaryl/α,β-unsaturated/α-hetero) is 1. The average molecular weight is 201 g/mol. The number of halogens is 1. The highest BCUT2D eigenvalue weighted by atomic mass is 35.5. The lowest BCUT2D eigenvalue weighted by Gasteiger charge is -1.97. The Morgan fingerprint density at radius 2 is 2.00 bits per heavy atom. The van der Waals surface area contributed by atoms with Crippen molar-refractivity contribution in [1.82, 2.24) is 9.97 Å². The van der Waals surface area contributed by atoms with E-state index in [1.807, 2.05) is 0 Å². The molecule has 0 aliphatic heterocycles. The molecule has 1 aromatic heterocycles. The minimum atomic E-state index is -1.22. The van der Waals surface area contributed by atoms with Crippen LogP contribution in [0, 0.1) is 0 Å². The van der Waals surface area contributed by atoms with E-state index in [9.17, 15) is 9.59 Å². The van der Waals surface area contributed by atoms with Gasteiger partial charge in [0, 0.05) is 12.4 Å². The summed E-state index contributed by atoms with van der Waals surface area (Å²) in [4.78, 5) is 28.5. The van der Waals surface area contributed by atoms with Crippen LogP contribution in [-0.2, 0) is 4.79 Å². The Morgan fingerprint density at radius 1 is 1.38 bits per heavy atom. The van der Waals surface area contributed by atoms with E-state index < -0.39 is 18.2 Å². The molecule has 0 aliphatic carbocycles. The lowest BCUT2D eigenvalue weighted by atomic mass is 10.2. The number of nitrogens with zero attached hydrogens (tertiary/aromatic N) is 2. The van der Waals surface area contributed by atoms with Gasteiger partial charge >= 0.3 is 5.97 Å². The van der Waals surface area contributed by atoms with E-state index in [1.54, 1.807) is 0 Å². The zero-order valence-electron chi connectivity index (χ0n) is 6.40. The van der Waals surface area contributed by atoms with Crippen molar-refractivity contribution in [2.75, 3.05) is 0 Å². The van der Waals surface area contributed by atoms with Crippen molar-refractivity contribution in [3.8, 4) is 0 Å². The highest BCUT2D eigenvalue weighted by molar-refractivity contribution is 6.32. The van der Waals surface area contributed by atoms with Gasteiger partial charge in [0.25, 0.3) is 0 Å². The lowest BCUT2D eigenvalue weighted by Crippen LogP contribution is -2.09. The van der Waals surface area contributed by atoms with Gasteiger partial charge in [-0.3, -0.25) is 9.59 Å². The van der Waals surface area contributed by atoms with Crippen LogP contribution in [0.15, 0.2) is 12.4 Å². The molecular formula is C7H5ClN2O3. The number of carbonyl (C=O) groups is 2. The molecule has 5 nitrogen and oxygen atoms in total. The molecule has 0 bridgehead atoms. The summed E-state index contributed by atoms with van der Waals surface area (Å²) in [6.45, 7) is 0. The van der Waals surface area contributed by atoms with E-state index in [-0.39, 0.29) is 10.8 Å². The van der Waals surface area contributed by atoms with Crippen LogP contribution in [0.2, 0.25) is 5.15 Å². The molecule has 0 aromatic carbocycles. The maximum Gasteiger partial charge on any atom is 0.311 e. The molecule has 1 aromatic rings. The molecule has 0 saturated heterocycles. The van der Waals surface area contributed by atoms with E-state index >= 15 is 0 Å². The third kappa shape index (κ3) is 2.48. The summed E-state index contributed by atoms with van der Waals surface area (Å²) in [5, 5.41) is 8.25. The van der Waals surface area contributed by atoms with E-state index in [0.717, 1.165) is 0 Å². The number of aliphatic carboxylic acids is 1. The third-order valence-corrected chi connectivity index (χ3v) is 1.51. The number of carboxylic acids is 1. The number of carbonyl (C=O) groups excluding carboxylic acids is 1. The molecule has 13 heavy (non-hydrogen) atoms. The van der Waals surface area contributed by atoms with Crippen LogP contribution in [-0.4, -0.2) is 26.8 Å². The molecule has 0 fully saturated rings. The van der Waals surface area contributed by atoms with Crippen LogP contribution in [0.4, 0.5) is 0 Å². The maximum atomic E-state index is 11.1. The van der Waals surface area contributed by atoms with Crippen molar-refractivity contribution >= 4 is 23.4 Å². The van der Waals surface area contributed by atoms with Gasteiger partial charge < -0.3 is 5.11 Å². The van der Waals surface area contributed by atoms with E-state index in [1.165, 1.54) is 12.4 Å². The normalized spacial score (nSPS) is 9.62. The first-order valence-corrected chi connectivity index (χ1v) is 3.70. The molecule has 0 amide bonds. The Balaban J connectivity index is 2.89. The van der Waals surface area contributed by atoms with Crippen LogP contribution in [0.3, 0.4) is 0 Å². The van der Waals surface area contributed by atoms with Gasteiger partial charge in [-0.1, -0.05) is 11.6 Å². The Labute approximate surface area is 78.4 Å². The van der Waals surface area contributed by atoms with Crippen LogP contribution < -0.4 is 0 Å². The van der Waals surface area contributed by atoms with Gasteiger partial charge in [0.15, 0.2) is 10.9 Å². The molecule has 6 heteroatoms. The van der Waals surface area contributed by atoms with Gasteiger partial charge in [-0.15, -0.1) is 0 Å². The average Bonchev–Trinajstić information content (AvgIpc) is 2.03. The number of hydrogen-bond donors (Lipinski definition) is 1. The summed E-state index contributed by atoms with van der Waals surface area (Å²) >= 11 is 5.52. The second kappa shape index (κ2) is 3.95. The van der Waals surface area contributed by atoms with E-state index in [0.29, 0.717) is 0 Å². The predicted octanol–water partition coefficient (Wildman–Crippen LogP) is 0.787. The molecule has 0 radical (unpaired) electrons. The maximum absolute atomic E-state index is 11.1. The first-order valence-electron chi connectivity index (χ1n) is 3.32. The minimum Gasteiger partial charge on any atom is -0.481 e. The molecule has 68 valence electrons. The Kier molecular flexibility index (Phi) is 2.92. The fourth-order valence-electron chi connectivity index (χ4n) is 0.729. The zero-order valence-corrected chi connectivity index (χ0v) is 7.15. The Hall–Kier alpha value is -1.49. The van der Waals surface area contributed by atoms with Gasteiger partial charge in [-0.2, -0.15) is 0 Å². The van der Waals surface area contributed by atoms with Crippen molar-refractivity contribution in [2.45, 2.75) is 6.42 Å². The van der Waals surface area contributed by atoms with Gasteiger partial charge in [-0.05, 0) is 0 Å². The molecule has 1 heterocycles. The number of hydrogen-bond acceptors (Lipinski definition) is 4. The smallest absolute Gasteiger partial charge is 0.311 e. The first-order chi connectivity index (χ1) is 6.11. The van der Waals surface area contributed by atoms with Gasteiger partial charge in [0.05, 0.1) is 0 Å². The molecule has 0 saturated carbocycles. The zero-order chi connectivity index (χ0) is 9.84. The second-order valence-corrected chi connectivity index (χ2v) is 2.55. The molecule has 0 unspecified atom stereocenters. The van der Waals surface area contributed by atoms with Crippen LogP contribution in [0.5, 0.6) is 0 Å². The van der Waals surface area contributed by atoms with Crippen molar-refractivity contribution < 1.29 is 14.7 Å². The summed E-state index contributed by atoms with van der Waals surface area (Å²) in [5.41, 5.74) is -0.105. The fourth-order valence-corrected chi connectivity index (χ4v) is 0.940. The highest BCUT2D eigenvalue weighted by Crippen LogP contribution is 2.10. The van der Waals surface area contributed by atoms with Crippen LogP contribution in [0.1, 0.15) is 16.9 Å². The highest BCUT2D eigenvalue weighted by Gasteiger charge is 2.15. The van der Waals surface area contributed by atoms with Crippen molar-refractivity contribution in [1.29, 1.82) is 0 Å². The van der Waals surface area contributed by atoms with Crippen LogP contribution >= 0.6 is 11.6 Å². The van der Waals surface area contributed by atoms with Crippen molar-refractivity contribution in [3.63, 3.8) is 0 Å². The summed E-state index contributed by atoms with van der Waals surface area (Å²) < 4.78 is 0. The summed E-state index contributed by atoms with van der Waals surface area (Å²) in [6, 6.07) is 0. The van der Waals surface area contributed by atoms with E-state index in [2.05, 4.69) is 9.97 Å². The molecular weight excluding hydrogens is 196 g/mol. The topological polar surface area (TPSA) is 80.1 Å². The van der Waals surface area contributed by atoms with Gasteiger partial charge in [0.1, 0.15) is 12.1 Å². The largest absolute Gasteiger partial charge is 0.481 e. The number of rotatable bonds is 3. The number of carboxylic acid groups (broad SMARTS) is 1. The SMILES string of the molecule is O=C(O)CC(=O)c1nccnc1Cl. The fraction of sp³-hybridized carbons (Fsp3) is 0.143. The van der Waals surface area contributed by atoms with Gasteiger partial charge in [-0.25, -0.2) is 9.97 Å². The number of ketones is 1. The minimum absolute atomic E-state index is 0.0752. The molecule has 0 aliphatic rings. The van der Waals surface area contributed by atoms with Crippen molar-refractivity contribution in [2.24, 2.45) is 0 Å². The van der Waals surface area contributed by atoms with Gasteiger partial charge in [0.2, 0.25) is 0 Å². The second-order valence-electron chi connectivity index (χ2n) is 2.19. The van der Waals surface area contributed by atoms with Crippen LogP contribution in [0.25, 0.3) is 0 Å². The first kappa shape index (κ1) is 9.60.